The Bertz CT molecular complexity index is 648. The summed E-state index contributed by atoms with van der Waals surface area (Å²) in [4.78, 5) is 8.87. The van der Waals surface area contributed by atoms with Crippen LogP contribution in [0.4, 0.5) is 0 Å². The summed E-state index contributed by atoms with van der Waals surface area (Å²) < 4.78 is 16.3. The van der Waals surface area contributed by atoms with Crippen molar-refractivity contribution in [1.29, 1.82) is 0 Å². The minimum atomic E-state index is 0. The highest BCUT2D eigenvalue weighted by atomic mass is 127. The second kappa shape index (κ2) is 15.3. The average molecular weight is 506 g/mol. The fraction of sp³-hybridized carbons (Fsp3) is 0.611. The van der Waals surface area contributed by atoms with E-state index >= 15 is 0 Å². The molecule has 2 rings (SSSR count). The van der Waals surface area contributed by atoms with Gasteiger partial charge in [0.05, 0.1) is 26.1 Å². The van der Waals surface area contributed by atoms with Crippen molar-refractivity contribution in [3.63, 3.8) is 0 Å². The lowest BCUT2D eigenvalue weighted by Gasteiger charge is -2.11. The van der Waals surface area contributed by atoms with E-state index in [1.165, 1.54) is 0 Å². The molecule has 2 aromatic heterocycles. The zero-order valence-electron chi connectivity index (χ0n) is 16.6. The molecule has 0 fully saturated rings. The molecule has 0 unspecified atom stereocenters. The Morgan fingerprint density at radius 1 is 1.18 bits per heavy atom. The van der Waals surface area contributed by atoms with Crippen molar-refractivity contribution < 1.29 is 13.9 Å². The van der Waals surface area contributed by atoms with Crippen molar-refractivity contribution in [2.45, 2.75) is 33.2 Å². The van der Waals surface area contributed by atoms with Crippen LogP contribution in [-0.2, 0) is 16.0 Å². The second-order valence-electron chi connectivity index (χ2n) is 5.78. The molecule has 0 aliphatic carbocycles. The Hall–Kier alpha value is -1.66. The SMILES string of the molecule is CCCCOCCOCCNC(=NCc1nc(-c2ccco2)n[nH]1)NCC.I. The normalized spacial score (nSPS) is 11.3. The number of halogens is 1. The number of hydrogen-bond acceptors (Lipinski definition) is 6. The van der Waals surface area contributed by atoms with Gasteiger partial charge in [-0.2, -0.15) is 0 Å². The van der Waals surface area contributed by atoms with Crippen molar-refractivity contribution in [1.82, 2.24) is 25.8 Å². The number of nitrogens with zero attached hydrogens (tertiary/aromatic N) is 3. The van der Waals surface area contributed by atoms with Crippen LogP contribution in [0.25, 0.3) is 11.6 Å². The molecule has 2 aromatic rings. The summed E-state index contributed by atoms with van der Waals surface area (Å²) in [6.45, 7) is 8.62. The van der Waals surface area contributed by atoms with Gasteiger partial charge in [0.2, 0.25) is 5.82 Å². The number of aromatic nitrogens is 3. The molecule has 0 saturated carbocycles. The van der Waals surface area contributed by atoms with E-state index in [2.05, 4.69) is 37.7 Å². The summed E-state index contributed by atoms with van der Waals surface area (Å²) in [6.07, 6.45) is 3.84. The van der Waals surface area contributed by atoms with Crippen LogP contribution in [0.5, 0.6) is 0 Å². The van der Waals surface area contributed by atoms with Gasteiger partial charge in [0.1, 0.15) is 12.4 Å². The molecule has 10 heteroatoms. The summed E-state index contributed by atoms with van der Waals surface area (Å²) >= 11 is 0. The van der Waals surface area contributed by atoms with Gasteiger partial charge in [-0.15, -0.1) is 29.1 Å². The quantitative estimate of drug-likeness (QED) is 0.166. The molecule has 0 aromatic carbocycles. The van der Waals surface area contributed by atoms with Crippen LogP contribution >= 0.6 is 24.0 Å². The standard InChI is InChI=1S/C18H30N6O3.HI/c1-3-5-9-25-12-13-26-11-8-20-18(19-4-2)21-14-16-22-17(24-23-16)15-7-6-10-27-15;/h6-7,10H,3-5,8-9,11-14H2,1-2H3,(H2,19,20,21)(H,22,23,24);1H. The third-order valence-electron chi connectivity index (χ3n) is 3.56. The summed E-state index contributed by atoms with van der Waals surface area (Å²) in [7, 11) is 0. The van der Waals surface area contributed by atoms with Crippen molar-refractivity contribution in [2.24, 2.45) is 4.99 Å². The molecule has 0 amide bonds. The number of hydrogen-bond donors (Lipinski definition) is 3. The van der Waals surface area contributed by atoms with E-state index in [1.54, 1.807) is 12.3 Å². The highest BCUT2D eigenvalue weighted by Crippen LogP contribution is 2.14. The number of aromatic amines is 1. The topological polar surface area (TPSA) is 110 Å². The van der Waals surface area contributed by atoms with Gasteiger partial charge in [0.15, 0.2) is 11.7 Å². The van der Waals surface area contributed by atoms with Gasteiger partial charge in [-0.25, -0.2) is 9.98 Å². The van der Waals surface area contributed by atoms with Gasteiger partial charge in [-0.05, 0) is 25.5 Å². The Kier molecular flexibility index (Phi) is 13.3. The van der Waals surface area contributed by atoms with Crippen LogP contribution in [-0.4, -0.2) is 60.7 Å². The molecule has 2 heterocycles. The second-order valence-corrected chi connectivity index (χ2v) is 5.78. The first-order valence-electron chi connectivity index (χ1n) is 9.46. The highest BCUT2D eigenvalue weighted by Gasteiger charge is 2.08. The highest BCUT2D eigenvalue weighted by molar-refractivity contribution is 14.0. The lowest BCUT2D eigenvalue weighted by atomic mass is 10.4. The fourth-order valence-corrected chi connectivity index (χ4v) is 2.19. The Labute approximate surface area is 183 Å². The zero-order chi connectivity index (χ0) is 19.2. The van der Waals surface area contributed by atoms with Crippen LogP contribution in [0.2, 0.25) is 0 Å². The maximum Gasteiger partial charge on any atom is 0.216 e. The number of furan rings is 1. The van der Waals surface area contributed by atoms with Crippen molar-refractivity contribution in [3.8, 4) is 11.6 Å². The Morgan fingerprint density at radius 3 is 2.71 bits per heavy atom. The molecule has 0 saturated heterocycles. The number of ether oxygens (including phenoxy) is 2. The predicted molar refractivity (Wildman–Crippen MR) is 119 cm³/mol. The van der Waals surface area contributed by atoms with Gasteiger partial charge in [0, 0.05) is 19.7 Å². The minimum absolute atomic E-state index is 0. The van der Waals surface area contributed by atoms with Crippen LogP contribution in [0.3, 0.4) is 0 Å². The molecule has 0 aliphatic rings. The van der Waals surface area contributed by atoms with Gasteiger partial charge in [-0.3, -0.25) is 5.10 Å². The number of unbranched alkanes of at least 4 members (excludes halogenated alkanes) is 1. The number of nitrogens with one attached hydrogen (secondary N) is 3. The number of H-pyrrole nitrogens is 1. The van der Waals surface area contributed by atoms with E-state index in [1.807, 2.05) is 13.0 Å². The van der Waals surface area contributed by atoms with Crippen molar-refractivity contribution >= 4 is 29.9 Å². The summed E-state index contributed by atoms with van der Waals surface area (Å²) in [6, 6.07) is 3.62. The van der Waals surface area contributed by atoms with Gasteiger partial charge < -0.3 is 24.5 Å². The van der Waals surface area contributed by atoms with E-state index in [0.29, 0.717) is 56.3 Å². The molecule has 28 heavy (non-hydrogen) atoms. The summed E-state index contributed by atoms with van der Waals surface area (Å²) in [5.41, 5.74) is 0. The molecular formula is C18H31IN6O3. The van der Waals surface area contributed by atoms with Crippen LogP contribution in [0.1, 0.15) is 32.5 Å². The lowest BCUT2D eigenvalue weighted by molar-refractivity contribution is 0.0487. The molecule has 158 valence electrons. The number of guanidine groups is 1. The largest absolute Gasteiger partial charge is 0.461 e. The van der Waals surface area contributed by atoms with Crippen LogP contribution < -0.4 is 10.6 Å². The maximum absolute atomic E-state index is 5.54. The zero-order valence-corrected chi connectivity index (χ0v) is 18.9. The minimum Gasteiger partial charge on any atom is -0.461 e. The maximum atomic E-state index is 5.54. The summed E-state index contributed by atoms with van der Waals surface area (Å²) in [5, 5.41) is 13.4. The first-order valence-corrected chi connectivity index (χ1v) is 9.46. The van der Waals surface area contributed by atoms with Crippen LogP contribution in [0.15, 0.2) is 27.8 Å². The molecule has 9 nitrogen and oxygen atoms in total. The van der Waals surface area contributed by atoms with E-state index in [4.69, 9.17) is 13.9 Å². The molecular weight excluding hydrogens is 475 g/mol. The Balaban J connectivity index is 0.00000392. The van der Waals surface area contributed by atoms with Gasteiger partial charge in [-0.1, -0.05) is 13.3 Å². The monoisotopic (exact) mass is 506 g/mol. The molecule has 0 atom stereocenters. The third-order valence-corrected chi connectivity index (χ3v) is 3.56. The van der Waals surface area contributed by atoms with Crippen LogP contribution in [0, 0.1) is 0 Å². The van der Waals surface area contributed by atoms with E-state index < -0.39 is 0 Å². The van der Waals surface area contributed by atoms with E-state index in [0.717, 1.165) is 26.0 Å². The molecule has 0 radical (unpaired) electrons. The summed E-state index contributed by atoms with van der Waals surface area (Å²) in [5.74, 6) is 2.52. The van der Waals surface area contributed by atoms with Crippen molar-refractivity contribution in [2.75, 3.05) is 39.5 Å². The molecule has 3 N–H and O–H groups in total. The number of rotatable bonds is 13. The van der Waals surface area contributed by atoms with E-state index in [9.17, 15) is 0 Å². The lowest BCUT2D eigenvalue weighted by Crippen LogP contribution is -2.39. The van der Waals surface area contributed by atoms with Gasteiger partial charge in [0.25, 0.3) is 0 Å². The number of aliphatic imine (C=N–C) groups is 1. The first kappa shape index (κ1) is 24.4. The fourth-order valence-electron chi connectivity index (χ4n) is 2.19. The third kappa shape index (κ3) is 9.51. The first-order chi connectivity index (χ1) is 13.3. The Morgan fingerprint density at radius 2 is 2.00 bits per heavy atom. The predicted octanol–water partition coefficient (Wildman–Crippen LogP) is 2.57. The molecule has 0 aliphatic heterocycles. The van der Waals surface area contributed by atoms with Crippen molar-refractivity contribution in [3.05, 3.63) is 24.2 Å². The molecule has 0 bridgehead atoms. The average Bonchev–Trinajstić information content (AvgIpc) is 3.36. The molecule has 0 spiro atoms. The van der Waals surface area contributed by atoms with Gasteiger partial charge >= 0.3 is 0 Å². The van der Waals surface area contributed by atoms with E-state index in [-0.39, 0.29) is 24.0 Å². The smallest absolute Gasteiger partial charge is 0.216 e.